The number of nitrogens with zero attached hydrogens (tertiary/aromatic N) is 2. The van der Waals surface area contributed by atoms with Crippen LogP contribution in [0.1, 0.15) is 28.5 Å². The van der Waals surface area contributed by atoms with Crippen molar-refractivity contribution in [2.24, 2.45) is 0 Å². The van der Waals surface area contributed by atoms with Crippen LogP contribution in [0.3, 0.4) is 0 Å². The predicted molar refractivity (Wildman–Crippen MR) is 155 cm³/mol. The molecule has 0 spiro atoms. The maximum atomic E-state index is 13.8. The number of carbonyl (C=O) groups excluding carboxylic acids is 2. The van der Waals surface area contributed by atoms with Crippen LogP contribution in [0.15, 0.2) is 103 Å². The molecule has 1 amide bonds. The lowest BCUT2D eigenvalue weighted by Crippen LogP contribution is -2.99. The van der Waals surface area contributed by atoms with Crippen LogP contribution in [0, 0.1) is 12.1 Å². The van der Waals surface area contributed by atoms with Crippen molar-refractivity contribution in [2.45, 2.75) is 20.3 Å². The summed E-state index contributed by atoms with van der Waals surface area (Å²) in [4.78, 5) is 25.2. The fourth-order valence-electron chi connectivity index (χ4n) is 4.54. The van der Waals surface area contributed by atoms with Crippen LogP contribution in [0.5, 0.6) is 11.5 Å². The topological polar surface area (TPSA) is 121 Å². The highest BCUT2D eigenvalue weighted by Crippen LogP contribution is 2.31. The first kappa shape index (κ1) is 27.5. The van der Waals surface area contributed by atoms with E-state index in [1.807, 2.05) is 67.6 Å². The minimum Gasteiger partial charge on any atom is -0.595 e. The molecule has 5 aromatic rings. The molecule has 5 rings (SSSR count). The molecular weight excluding hydrogens is 520 g/mol. The third-order valence-electron chi connectivity index (χ3n) is 6.41. The van der Waals surface area contributed by atoms with Crippen molar-refractivity contribution in [1.29, 1.82) is 0 Å². The molecule has 1 heterocycles. The first-order valence-electron chi connectivity index (χ1n) is 12.9. The molecule has 9 nitrogen and oxygen atoms in total. The number of rotatable bonds is 9. The lowest BCUT2D eigenvalue weighted by molar-refractivity contribution is -0.991. The second-order valence-corrected chi connectivity index (χ2v) is 9.55. The third kappa shape index (κ3) is 6.39. The Bertz CT molecular complexity index is 1680. The van der Waals surface area contributed by atoms with Gasteiger partial charge in [-0.25, -0.2) is 9.89 Å². The molecule has 41 heavy (non-hydrogen) atoms. The molecule has 1 unspecified atom stereocenters. The highest BCUT2D eigenvalue weighted by molar-refractivity contribution is 6.09. The summed E-state index contributed by atoms with van der Waals surface area (Å²) in [6, 6.07) is 30.2. The van der Waals surface area contributed by atoms with Gasteiger partial charge in [-0.05, 0) is 43.7 Å². The number of hydrogen-bond acceptors (Lipinski definition) is 6. The number of benzene rings is 4. The van der Waals surface area contributed by atoms with Gasteiger partial charge in [-0.1, -0.05) is 60.7 Å². The van der Waals surface area contributed by atoms with Gasteiger partial charge in [0.05, 0.1) is 22.6 Å². The van der Waals surface area contributed by atoms with Crippen LogP contribution >= 0.6 is 0 Å². The second-order valence-electron chi connectivity index (χ2n) is 9.55. The van der Waals surface area contributed by atoms with Gasteiger partial charge < -0.3 is 15.3 Å². The van der Waals surface area contributed by atoms with Crippen molar-refractivity contribution in [3.8, 4) is 28.4 Å². The number of amides is 1. The van der Waals surface area contributed by atoms with Crippen molar-refractivity contribution < 1.29 is 24.8 Å². The van der Waals surface area contributed by atoms with Gasteiger partial charge in [-0.15, -0.1) is 0 Å². The maximum Gasteiger partial charge on any atom is 0.259 e. The standard InChI is InChI=1S/C32H28N4O5/c1-21(37)17-23-13-15-28(16-14-23)41-29-19-25(18-27(20-29)36(39)40)33-32(38)30-22(2)35(26-11-7-4-8-12-26)34-31(30)24-9-5-3-6-10-24/h3-16,18-20,36,39H,17H2,1-2H3,(H,33,38). The molecule has 0 radical (unpaired) electrons. The average Bonchev–Trinajstić information content (AvgIpc) is 3.31. The number of para-hydroxylation sites is 1. The molecule has 0 saturated carbocycles. The number of nitrogens with one attached hydrogen (secondary N) is 2. The minimum absolute atomic E-state index is 0.0492. The Morgan fingerprint density at radius 1 is 0.927 bits per heavy atom. The Labute approximate surface area is 236 Å². The summed E-state index contributed by atoms with van der Waals surface area (Å²) in [6.07, 6.45) is 0.316. The molecule has 0 fully saturated rings. The van der Waals surface area contributed by atoms with Gasteiger partial charge in [0.1, 0.15) is 23.0 Å². The van der Waals surface area contributed by atoms with E-state index in [9.17, 15) is 20.0 Å². The van der Waals surface area contributed by atoms with Crippen LogP contribution < -0.4 is 15.3 Å². The Kier molecular flexibility index (Phi) is 8.02. The van der Waals surface area contributed by atoms with Crippen molar-refractivity contribution in [2.75, 3.05) is 5.32 Å². The molecule has 1 aromatic heterocycles. The van der Waals surface area contributed by atoms with Gasteiger partial charge in [0, 0.05) is 30.2 Å². The molecule has 0 aliphatic rings. The van der Waals surface area contributed by atoms with E-state index in [-0.39, 0.29) is 22.9 Å². The van der Waals surface area contributed by atoms with Gasteiger partial charge >= 0.3 is 0 Å². The third-order valence-corrected chi connectivity index (χ3v) is 6.41. The second kappa shape index (κ2) is 12.0. The van der Waals surface area contributed by atoms with Crippen LogP contribution in [0.4, 0.5) is 11.4 Å². The molecule has 0 bridgehead atoms. The lowest BCUT2D eigenvalue weighted by Gasteiger charge is -2.16. The molecular formula is C32H28N4O5. The number of carbonyl (C=O) groups is 2. The summed E-state index contributed by atoms with van der Waals surface area (Å²) >= 11 is 0. The molecule has 3 N–H and O–H groups in total. The zero-order valence-electron chi connectivity index (χ0n) is 22.5. The van der Waals surface area contributed by atoms with E-state index in [2.05, 4.69) is 5.32 Å². The van der Waals surface area contributed by atoms with Gasteiger partial charge in [0.2, 0.25) is 0 Å². The van der Waals surface area contributed by atoms with E-state index in [0.29, 0.717) is 29.1 Å². The molecule has 9 heteroatoms. The summed E-state index contributed by atoms with van der Waals surface area (Å²) in [7, 11) is 0. The van der Waals surface area contributed by atoms with Crippen LogP contribution in [0.25, 0.3) is 16.9 Å². The zero-order valence-corrected chi connectivity index (χ0v) is 22.5. The molecule has 0 aliphatic carbocycles. The number of ether oxygens (including phenoxy) is 1. The van der Waals surface area contributed by atoms with E-state index in [1.54, 1.807) is 35.0 Å². The normalized spacial score (nSPS) is 11.6. The smallest absolute Gasteiger partial charge is 0.259 e. The summed E-state index contributed by atoms with van der Waals surface area (Å²) < 4.78 is 7.64. The average molecular weight is 549 g/mol. The monoisotopic (exact) mass is 548 g/mol. The Morgan fingerprint density at radius 2 is 1.59 bits per heavy atom. The lowest BCUT2D eigenvalue weighted by atomic mass is 10.1. The van der Waals surface area contributed by atoms with Gasteiger partial charge in [-0.2, -0.15) is 10.3 Å². The maximum absolute atomic E-state index is 13.8. The fourth-order valence-corrected chi connectivity index (χ4v) is 4.54. The molecule has 1 atom stereocenters. The highest BCUT2D eigenvalue weighted by atomic mass is 16.8. The summed E-state index contributed by atoms with van der Waals surface area (Å²) in [5.41, 5.74) is 4.12. The highest BCUT2D eigenvalue weighted by Gasteiger charge is 2.24. The molecule has 206 valence electrons. The fraction of sp³-hybridized carbons (Fsp3) is 0.0938. The molecule has 4 aromatic carbocycles. The Hall–Kier alpha value is -5.09. The Morgan fingerprint density at radius 3 is 2.22 bits per heavy atom. The van der Waals surface area contributed by atoms with Crippen LogP contribution in [-0.4, -0.2) is 26.7 Å². The van der Waals surface area contributed by atoms with Crippen LogP contribution in [-0.2, 0) is 11.2 Å². The predicted octanol–water partition coefficient (Wildman–Crippen LogP) is 5.43. The summed E-state index contributed by atoms with van der Waals surface area (Å²) in [5, 5.41) is 28.1. The number of ketones is 1. The first-order chi connectivity index (χ1) is 19.8. The van der Waals surface area contributed by atoms with E-state index < -0.39 is 11.1 Å². The Balaban J connectivity index is 1.48. The van der Waals surface area contributed by atoms with Crippen molar-refractivity contribution in [3.05, 3.63) is 125 Å². The number of anilines is 1. The van der Waals surface area contributed by atoms with E-state index in [0.717, 1.165) is 16.8 Å². The van der Waals surface area contributed by atoms with Crippen molar-refractivity contribution >= 4 is 23.1 Å². The quantitative estimate of drug-likeness (QED) is 0.211. The summed E-state index contributed by atoms with van der Waals surface area (Å²) in [5.74, 6) is 0.307. The number of Topliss-reactive ketones (excluding diaryl/α,β-unsaturated/α-hetero) is 1. The van der Waals surface area contributed by atoms with Gasteiger partial charge in [-0.3, -0.25) is 9.59 Å². The summed E-state index contributed by atoms with van der Waals surface area (Å²) in [6.45, 7) is 3.34. The number of quaternary nitrogens is 1. The van der Waals surface area contributed by atoms with E-state index in [4.69, 9.17) is 9.84 Å². The largest absolute Gasteiger partial charge is 0.595 e. The zero-order chi connectivity index (χ0) is 28.9. The van der Waals surface area contributed by atoms with Gasteiger partial charge in [0.25, 0.3) is 5.91 Å². The number of aromatic nitrogens is 2. The van der Waals surface area contributed by atoms with E-state index in [1.165, 1.54) is 19.1 Å². The first-order valence-corrected chi connectivity index (χ1v) is 12.9. The van der Waals surface area contributed by atoms with Crippen LogP contribution in [0.2, 0.25) is 0 Å². The van der Waals surface area contributed by atoms with Crippen molar-refractivity contribution in [3.63, 3.8) is 0 Å². The van der Waals surface area contributed by atoms with Crippen molar-refractivity contribution in [1.82, 2.24) is 9.78 Å². The van der Waals surface area contributed by atoms with E-state index >= 15 is 0 Å². The molecule has 0 aliphatic heterocycles. The minimum atomic E-state index is -1.17. The molecule has 0 saturated heterocycles. The number of hydrogen-bond donors (Lipinski definition) is 3. The SMILES string of the molecule is CC(=O)Cc1ccc(Oc2cc(NC(=O)c3c(-c4ccccc4)nn(-c4ccccc4)c3C)cc([NH+]([O-])O)c2)cc1. The van der Waals surface area contributed by atoms with Gasteiger partial charge in [0.15, 0.2) is 5.69 Å².